The standard InChI is InChI=1S/C15H24N4OS/c1-12-16-6-8-18(12)11-13-4-2-7-19(13)15(20)17-10-14-5-3-9-21-14/h6,8,13-14H,2-5,7,9-11H2,1H3,(H,17,20)/t13-,14+/m0/s1. The van der Waals surface area contributed by atoms with Crippen LogP contribution < -0.4 is 5.32 Å². The number of urea groups is 1. The molecule has 21 heavy (non-hydrogen) atoms. The van der Waals surface area contributed by atoms with Crippen LogP contribution in [0.25, 0.3) is 0 Å². The van der Waals surface area contributed by atoms with Crippen molar-refractivity contribution in [3.63, 3.8) is 0 Å². The largest absolute Gasteiger partial charge is 0.337 e. The van der Waals surface area contributed by atoms with Crippen LogP contribution in [0, 0.1) is 6.92 Å². The van der Waals surface area contributed by atoms with E-state index in [2.05, 4.69) is 14.9 Å². The predicted octanol–water partition coefficient (Wildman–Crippen LogP) is 2.26. The summed E-state index contributed by atoms with van der Waals surface area (Å²) in [6, 6.07) is 0.414. The van der Waals surface area contributed by atoms with Gasteiger partial charge in [-0.05, 0) is 38.4 Å². The second kappa shape index (κ2) is 6.73. The lowest BCUT2D eigenvalue weighted by Crippen LogP contribution is -2.45. The summed E-state index contributed by atoms with van der Waals surface area (Å²) in [5.41, 5.74) is 0. The maximum absolute atomic E-state index is 12.4. The van der Waals surface area contributed by atoms with Gasteiger partial charge in [0.15, 0.2) is 0 Å². The number of carbonyl (C=O) groups is 1. The average Bonchev–Trinajstić information content (AvgIpc) is 3.20. The van der Waals surface area contributed by atoms with E-state index in [4.69, 9.17) is 0 Å². The second-order valence-electron chi connectivity index (χ2n) is 5.94. The van der Waals surface area contributed by atoms with Crippen LogP contribution in [0.5, 0.6) is 0 Å². The fourth-order valence-electron chi connectivity index (χ4n) is 3.22. The van der Waals surface area contributed by atoms with Gasteiger partial charge in [0, 0.05) is 37.3 Å². The van der Waals surface area contributed by atoms with Crippen LogP contribution in [-0.2, 0) is 6.54 Å². The molecule has 1 N–H and O–H groups in total. The number of nitrogens with zero attached hydrogens (tertiary/aromatic N) is 3. The minimum atomic E-state index is 0.114. The average molecular weight is 308 g/mol. The zero-order valence-electron chi connectivity index (χ0n) is 12.6. The minimum absolute atomic E-state index is 0.114. The molecule has 2 aliphatic heterocycles. The molecule has 2 atom stereocenters. The Bertz CT molecular complexity index is 484. The van der Waals surface area contributed by atoms with Gasteiger partial charge >= 0.3 is 6.03 Å². The molecule has 0 unspecified atom stereocenters. The number of likely N-dealkylation sites (tertiary alicyclic amines) is 1. The van der Waals surface area contributed by atoms with Gasteiger partial charge in [-0.3, -0.25) is 0 Å². The maximum Gasteiger partial charge on any atom is 0.317 e. The SMILES string of the molecule is Cc1nccn1C[C@@H]1CCCN1C(=O)NC[C@H]1CCCS1. The number of aryl methyl sites for hydroxylation is 1. The molecule has 0 aliphatic carbocycles. The van der Waals surface area contributed by atoms with Crippen LogP contribution in [0.3, 0.4) is 0 Å². The van der Waals surface area contributed by atoms with E-state index in [0.717, 1.165) is 38.3 Å². The smallest absolute Gasteiger partial charge is 0.317 e. The molecule has 0 aromatic carbocycles. The summed E-state index contributed by atoms with van der Waals surface area (Å²) in [7, 11) is 0. The number of amides is 2. The van der Waals surface area contributed by atoms with Crippen molar-refractivity contribution in [2.75, 3.05) is 18.8 Å². The monoisotopic (exact) mass is 308 g/mol. The lowest BCUT2D eigenvalue weighted by molar-refractivity contribution is 0.187. The van der Waals surface area contributed by atoms with Crippen LogP contribution in [0.4, 0.5) is 4.79 Å². The number of carbonyl (C=O) groups excluding carboxylic acids is 1. The number of nitrogens with one attached hydrogen (secondary N) is 1. The third-order valence-electron chi connectivity index (χ3n) is 4.47. The lowest BCUT2D eigenvalue weighted by atomic mass is 10.2. The number of imidazole rings is 1. The zero-order valence-corrected chi connectivity index (χ0v) is 13.4. The van der Waals surface area contributed by atoms with Gasteiger partial charge in [0.1, 0.15) is 5.82 Å². The molecule has 1 aromatic rings. The molecule has 1 aromatic heterocycles. The summed E-state index contributed by atoms with van der Waals surface area (Å²) >= 11 is 1.99. The van der Waals surface area contributed by atoms with Crippen molar-refractivity contribution in [3.05, 3.63) is 18.2 Å². The second-order valence-corrected chi connectivity index (χ2v) is 7.35. The first-order valence-electron chi connectivity index (χ1n) is 7.88. The third-order valence-corrected chi connectivity index (χ3v) is 5.87. The van der Waals surface area contributed by atoms with E-state index in [1.807, 2.05) is 36.0 Å². The van der Waals surface area contributed by atoms with E-state index < -0.39 is 0 Å². The normalized spacial score (nSPS) is 25.5. The van der Waals surface area contributed by atoms with Crippen LogP contribution in [0.15, 0.2) is 12.4 Å². The van der Waals surface area contributed by atoms with E-state index in [-0.39, 0.29) is 6.03 Å². The Labute approximate surface area is 130 Å². The van der Waals surface area contributed by atoms with E-state index in [0.29, 0.717) is 11.3 Å². The number of hydrogen-bond acceptors (Lipinski definition) is 3. The lowest BCUT2D eigenvalue weighted by Gasteiger charge is -2.26. The highest BCUT2D eigenvalue weighted by Crippen LogP contribution is 2.25. The number of hydrogen-bond donors (Lipinski definition) is 1. The summed E-state index contributed by atoms with van der Waals surface area (Å²) in [6.07, 6.45) is 8.54. The molecule has 2 aliphatic rings. The van der Waals surface area contributed by atoms with Crippen molar-refractivity contribution in [1.29, 1.82) is 0 Å². The van der Waals surface area contributed by atoms with Crippen LogP contribution >= 0.6 is 11.8 Å². The fourth-order valence-corrected chi connectivity index (χ4v) is 4.43. The van der Waals surface area contributed by atoms with Crippen LogP contribution in [-0.4, -0.2) is 50.6 Å². The number of aromatic nitrogens is 2. The number of rotatable bonds is 4. The van der Waals surface area contributed by atoms with Gasteiger partial charge in [-0.25, -0.2) is 9.78 Å². The maximum atomic E-state index is 12.4. The summed E-state index contributed by atoms with van der Waals surface area (Å²) in [4.78, 5) is 18.7. The fraction of sp³-hybridized carbons (Fsp3) is 0.733. The topological polar surface area (TPSA) is 50.2 Å². The molecule has 3 heterocycles. The molecule has 5 nitrogen and oxygen atoms in total. The molecule has 0 bridgehead atoms. The summed E-state index contributed by atoms with van der Waals surface area (Å²) in [6.45, 7) is 4.56. The van der Waals surface area contributed by atoms with Gasteiger partial charge < -0.3 is 14.8 Å². The highest BCUT2D eigenvalue weighted by molar-refractivity contribution is 8.00. The first-order chi connectivity index (χ1) is 10.2. The van der Waals surface area contributed by atoms with Crippen molar-refractivity contribution in [3.8, 4) is 0 Å². The van der Waals surface area contributed by atoms with E-state index in [1.165, 1.54) is 18.6 Å². The van der Waals surface area contributed by atoms with Gasteiger partial charge in [0.05, 0.1) is 6.04 Å². The van der Waals surface area contributed by atoms with E-state index in [1.54, 1.807) is 0 Å². The van der Waals surface area contributed by atoms with Crippen molar-refractivity contribution in [2.24, 2.45) is 0 Å². The molecule has 6 heteroatoms. The van der Waals surface area contributed by atoms with Gasteiger partial charge in [0.2, 0.25) is 0 Å². The molecule has 0 spiro atoms. The van der Waals surface area contributed by atoms with Gasteiger partial charge in [-0.2, -0.15) is 11.8 Å². The predicted molar refractivity (Wildman–Crippen MR) is 85.6 cm³/mol. The Morgan fingerprint density at radius 1 is 1.48 bits per heavy atom. The quantitative estimate of drug-likeness (QED) is 0.928. The van der Waals surface area contributed by atoms with E-state index in [9.17, 15) is 4.79 Å². The third kappa shape index (κ3) is 3.54. The van der Waals surface area contributed by atoms with Crippen LogP contribution in [0.1, 0.15) is 31.5 Å². The summed E-state index contributed by atoms with van der Waals surface area (Å²) in [5, 5.41) is 3.75. The molecule has 0 saturated carbocycles. The molecule has 2 amide bonds. The van der Waals surface area contributed by atoms with E-state index >= 15 is 0 Å². The zero-order chi connectivity index (χ0) is 14.7. The number of thioether (sulfide) groups is 1. The Hall–Kier alpha value is -1.17. The molecular formula is C15H24N4OS. The van der Waals surface area contributed by atoms with Gasteiger partial charge in [-0.15, -0.1) is 0 Å². The summed E-state index contributed by atoms with van der Waals surface area (Å²) in [5.74, 6) is 2.26. The van der Waals surface area contributed by atoms with Crippen molar-refractivity contribution in [1.82, 2.24) is 19.8 Å². The molecule has 2 saturated heterocycles. The highest BCUT2D eigenvalue weighted by atomic mass is 32.2. The molecule has 3 rings (SSSR count). The van der Waals surface area contributed by atoms with Crippen molar-refractivity contribution in [2.45, 2.75) is 50.4 Å². The molecular weight excluding hydrogens is 284 g/mol. The minimum Gasteiger partial charge on any atom is -0.337 e. The molecule has 0 radical (unpaired) electrons. The van der Waals surface area contributed by atoms with Gasteiger partial charge in [-0.1, -0.05) is 0 Å². The highest BCUT2D eigenvalue weighted by Gasteiger charge is 2.29. The van der Waals surface area contributed by atoms with Crippen LogP contribution in [0.2, 0.25) is 0 Å². The first-order valence-corrected chi connectivity index (χ1v) is 8.93. The first kappa shape index (κ1) is 14.8. The van der Waals surface area contributed by atoms with Gasteiger partial charge in [0.25, 0.3) is 0 Å². The molecule has 2 fully saturated rings. The van der Waals surface area contributed by atoms with Crippen molar-refractivity contribution >= 4 is 17.8 Å². The van der Waals surface area contributed by atoms with Crippen molar-refractivity contribution < 1.29 is 4.79 Å². The Morgan fingerprint density at radius 3 is 3.10 bits per heavy atom. The molecule has 116 valence electrons. The Balaban J connectivity index is 1.53. The summed E-state index contributed by atoms with van der Waals surface area (Å²) < 4.78 is 2.14. The Kier molecular flexibility index (Phi) is 4.73. The Morgan fingerprint density at radius 2 is 2.38 bits per heavy atom.